The second-order valence-electron chi connectivity index (χ2n) is 6.04. The molecule has 0 aromatic carbocycles. The highest BCUT2D eigenvalue weighted by Crippen LogP contribution is 2.45. The summed E-state index contributed by atoms with van der Waals surface area (Å²) in [6, 6.07) is 1.75. The molecule has 2 bridgehead atoms. The van der Waals surface area contributed by atoms with Crippen LogP contribution < -0.4 is 5.32 Å². The average Bonchev–Trinajstić information content (AvgIpc) is 2.95. The SMILES string of the molecule is CCSC1CCC(NC2CC3CCC2C3)C1. The van der Waals surface area contributed by atoms with Crippen molar-refractivity contribution in [3.63, 3.8) is 0 Å². The monoisotopic (exact) mass is 239 g/mol. The lowest BCUT2D eigenvalue weighted by Crippen LogP contribution is -2.40. The van der Waals surface area contributed by atoms with Crippen LogP contribution in [0.15, 0.2) is 0 Å². The van der Waals surface area contributed by atoms with Crippen LogP contribution in [0.5, 0.6) is 0 Å². The number of hydrogen-bond acceptors (Lipinski definition) is 2. The number of rotatable bonds is 4. The van der Waals surface area contributed by atoms with Crippen LogP contribution in [0.2, 0.25) is 0 Å². The van der Waals surface area contributed by atoms with Gasteiger partial charge >= 0.3 is 0 Å². The van der Waals surface area contributed by atoms with Gasteiger partial charge in [-0.1, -0.05) is 13.3 Å². The molecule has 16 heavy (non-hydrogen) atoms. The molecule has 3 aliphatic rings. The Morgan fingerprint density at radius 1 is 1.06 bits per heavy atom. The van der Waals surface area contributed by atoms with Crippen LogP contribution in [-0.2, 0) is 0 Å². The van der Waals surface area contributed by atoms with Gasteiger partial charge in [-0.25, -0.2) is 0 Å². The van der Waals surface area contributed by atoms with Crippen molar-refractivity contribution >= 4 is 11.8 Å². The average molecular weight is 239 g/mol. The molecule has 3 fully saturated rings. The van der Waals surface area contributed by atoms with Crippen LogP contribution in [0, 0.1) is 11.8 Å². The summed E-state index contributed by atoms with van der Waals surface area (Å²) in [5.41, 5.74) is 0. The van der Waals surface area contributed by atoms with Crippen LogP contribution in [0.1, 0.15) is 51.9 Å². The highest BCUT2D eigenvalue weighted by atomic mass is 32.2. The minimum atomic E-state index is 0.855. The largest absolute Gasteiger partial charge is 0.311 e. The fourth-order valence-corrected chi connectivity index (χ4v) is 5.37. The number of thioether (sulfide) groups is 1. The maximum absolute atomic E-state index is 3.98. The van der Waals surface area contributed by atoms with Crippen molar-refractivity contribution < 1.29 is 0 Å². The van der Waals surface area contributed by atoms with E-state index in [-0.39, 0.29) is 0 Å². The summed E-state index contributed by atoms with van der Waals surface area (Å²) in [6.45, 7) is 2.29. The molecule has 0 heterocycles. The minimum absolute atomic E-state index is 0.855. The molecule has 1 N–H and O–H groups in total. The molecule has 0 aromatic rings. The fourth-order valence-electron chi connectivity index (χ4n) is 4.23. The van der Waals surface area contributed by atoms with E-state index in [0.29, 0.717) is 0 Å². The van der Waals surface area contributed by atoms with Crippen molar-refractivity contribution in [2.75, 3.05) is 5.75 Å². The molecule has 0 radical (unpaired) electrons. The highest BCUT2D eigenvalue weighted by Gasteiger charge is 2.40. The van der Waals surface area contributed by atoms with Crippen LogP contribution in [0.25, 0.3) is 0 Å². The second-order valence-corrected chi connectivity index (χ2v) is 7.61. The standard InChI is InChI=1S/C14H25NS/c1-2-16-13-6-5-12(9-13)15-14-8-10-3-4-11(14)7-10/h10-15H,2-9H2,1H3. The number of nitrogens with one attached hydrogen (secondary N) is 1. The summed E-state index contributed by atoms with van der Waals surface area (Å²) in [5.74, 6) is 3.43. The van der Waals surface area contributed by atoms with Gasteiger partial charge in [0.25, 0.3) is 0 Å². The molecule has 0 amide bonds. The van der Waals surface area contributed by atoms with Crippen molar-refractivity contribution in [3.8, 4) is 0 Å². The lowest BCUT2D eigenvalue weighted by atomic mass is 9.94. The van der Waals surface area contributed by atoms with Gasteiger partial charge in [-0.2, -0.15) is 11.8 Å². The van der Waals surface area contributed by atoms with Gasteiger partial charge in [0.05, 0.1) is 0 Å². The Morgan fingerprint density at radius 3 is 2.69 bits per heavy atom. The molecular weight excluding hydrogens is 214 g/mol. The molecule has 0 aromatic heterocycles. The molecule has 0 spiro atoms. The lowest BCUT2D eigenvalue weighted by Gasteiger charge is -2.26. The van der Waals surface area contributed by atoms with E-state index in [1.54, 1.807) is 0 Å². The predicted octanol–water partition coefficient (Wildman–Crippen LogP) is 3.44. The van der Waals surface area contributed by atoms with E-state index in [1.165, 1.54) is 50.7 Å². The van der Waals surface area contributed by atoms with E-state index >= 15 is 0 Å². The predicted molar refractivity (Wildman–Crippen MR) is 71.9 cm³/mol. The zero-order valence-corrected chi connectivity index (χ0v) is 11.3. The maximum Gasteiger partial charge on any atom is 0.0101 e. The van der Waals surface area contributed by atoms with E-state index in [9.17, 15) is 0 Å². The van der Waals surface area contributed by atoms with E-state index in [0.717, 1.165) is 29.2 Å². The first-order valence-electron chi connectivity index (χ1n) is 7.22. The van der Waals surface area contributed by atoms with Crippen molar-refractivity contribution in [1.82, 2.24) is 5.32 Å². The van der Waals surface area contributed by atoms with Gasteiger partial charge in [-0.3, -0.25) is 0 Å². The van der Waals surface area contributed by atoms with Gasteiger partial charge in [-0.15, -0.1) is 0 Å². The number of fused-ring (bicyclic) bond motifs is 2. The van der Waals surface area contributed by atoms with Gasteiger partial charge in [0.15, 0.2) is 0 Å². The molecule has 0 saturated heterocycles. The molecule has 5 unspecified atom stereocenters. The maximum atomic E-state index is 3.98. The number of hydrogen-bond donors (Lipinski definition) is 1. The van der Waals surface area contributed by atoms with Crippen molar-refractivity contribution in [1.29, 1.82) is 0 Å². The molecule has 1 nitrogen and oxygen atoms in total. The van der Waals surface area contributed by atoms with Gasteiger partial charge in [0.1, 0.15) is 0 Å². The van der Waals surface area contributed by atoms with Crippen molar-refractivity contribution in [3.05, 3.63) is 0 Å². The Bertz CT molecular complexity index is 243. The Kier molecular flexibility index (Phi) is 3.49. The molecule has 92 valence electrons. The van der Waals surface area contributed by atoms with E-state index < -0.39 is 0 Å². The Hall–Kier alpha value is 0.310. The van der Waals surface area contributed by atoms with Crippen molar-refractivity contribution in [2.24, 2.45) is 11.8 Å². The normalized spacial score (nSPS) is 46.7. The van der Waals surface area contributed by atoms with Crippen LogP contribution >= 0.6 is 11.8 Å². The molecule has 2 heteroatoms. The summed E-state index contributed by atoms with van der Waals surface area (Å²) in [7, 11) is 0. The van der Waals surface area contributed by atoms with Gasteiger partial charge in [0.2, 0.25) is 0 Å². The molecule has 3 saturated carbocycles. The lowest BCUT2D eigenvalue weighted by molar-refractivity contribution is 0.318. The minimum Gasteiger partial charge on any atom is -0.311 e. The summed E-state index contributed by atoms with van der Waals surface area (Å²) < 4.78 is 0. The third kappa shape index (κ3) is 2.28. The molecule has 3 aliphatic carbocycles. The Balaban J connectivity index is 1.46. The van der Waals surface area contributed by atoms with E-state index in [4.69, 9.17) is 0 Å². The zero-order chi connectivity index (χ0) is 11.0. The van der Waals surface area contributed by atoms with Gasteiger partial charge in [-0.05, 0) is 56.1 Å². The summed E-state index contributed by atoms with van der Waals surface area (Å²) >= 11 is 2.18. The quantitative estimate of drug-likeness (QED) is 0.806. The first-order valence-corrected chi connectivity index (χ1v) is 8.27. The smallest absolute Gasteiger partial charge is 0.0101 e. The van der Waals surface area contributed by atoms with E-state index in [1.807, 2.05) is 0 Å². The Labute approximate surface area is 104 Å². The second kappa shape index (κ2) is 4.89. The van der Waals surface area contributed by atoms with Crippen LogP contribution in [0.3, 0.4) is 0 Å². The Morgan fingerprint density at radius 2 is 2.00 bits per heavy atom. The summed E-state index contributed by atoms with van der Waals surface area (Å²) in [4.78, 5) is 0. The highest BCUT2D eigenvalue weighted by molar-refractivity contribution is 7.99. The molecular formula is C14H25NS. The summed E-state index contributed by atoms with van der Waals surface area (Å²) in [5, 5.41) is 4.94. The fraction of sp³-hybridized carbons (Fsp3) is 1.00. The third-order valence-electron chi connectivity index (χ3n) is 4.97. The van der Waals surface area contributed by atoms with Crippen molar-refractivity contribution in [2.45, 2.75) is 69.2 Å². The zero-order valence-electron chi connectivity index (χ0n) is 10.5. The topological polar surface area (TPSA) is 12.0 Å². The first kappa shape index (κ1) is 11.4. The van der Waals surface area contributed by atoms with Gasteiger partial charge in [0, 0.05) is 17.3 Å². The molecule has 5 atom stereocenters. The summed E-state index contributed by atoms with van der Waals surface area (Å²) in [6.07, 6.45) is 10.4. The molecule has 3 rings (SSSR count). The van der Waals surface area contributed by atoms with Crippen LogP contribution in [-0.4, -0.2) is 23.1 Å². The third-order valence-corrected chi connectivity index (χ3v) is 6.21. The molecule has 0 aliphatic heterocycles. The van der Waals surface area contributed by atoms with Gasteiger partial charge < -0.3 is 5.32 Å². The van der Waals surface area contributed by atoms with E-state index in [2.05, 4.69) is 24.0 Å². The van der Waals surface area contributed by atoms with Crippen LogP contribution in [0.4, 0.5) is 0 Å². The first-order chi connectivity index (χ1) is 7.85.